The van der Waals surface area contributed by atoms with Gasteiger partial charge in [0.2, 0.25) is 5.95 Å². The van der Waals surface area contributed by atoms with Crippen molar-refractivity contribution in [3.05, 3.63) is 52.1 Å². The number of hydrogen-bond acceptors (Lipinski definition) is 2. The third-order valence-corrected chi connectivity index (χ3v) is 4.71. The number of imidazole rings is 1. The Hall–Kier alpha value is -2.38. The van der Waals surface area contributed by atoms with Crippen LogP contribution in [0, 0.1) is 0 Å². The van der Waals surface area contributed by atoms with Gasteiger partial charge < -0.3 is 14.9 Å². The lowest BCUT2D eigenvalue weighted by Crippen LogP contribution is -2.05. The van der Waals surface area contributed by atoms with Gasteiger partial charge in [-0.05, 0) is 30.3 Å². The Kier molecular flexibility index (Phi) is 3.82. The van der Waals surface area contributed by atoms with Crippen LogP contribution in [0.2, 0.25) is 10.0 Å². The summed E-state index contributed by atoms with van der Waals surface area (Å²) in [5.41, 5.74) is 1.37. The molecule has 9 heteroatoms. The van der Waals surface area contributed by atoms with Crippen LogP contribution in [0.1, 0.15) is 5.56 Å². The summed E-state index contributed by atoms with van der Waals surface area (Å²) in [5, 5.41) is 4.19. The summed E-state index contributed by atoms with van der Waals surface area (Å²) in [6, 6.07) is 7.61. The van der Waals surface area contributed by atoms with Crippen LogP contribution in [0.3, 0.4) is 0 Å². The average Bonchev–Trinajstić information content (AvgIpc) is 3.08. The van der Waals surface area contributed by atoms with Crippen molar-refractivity contribution in [2.75, 3.05) is 5.32 Å². The highest BCUT2D eigenvalue weighted by molar-refractivity contribution is 6.32. The molecule has 0 amide bonds. The summed E-state index contributed by atoms with van der Waals surface area (Å²) in [5.74, 6) is 0.385. The van der Waals surface area contributed by atoms with E-state index in [4.69, 9.17) is 23.2 Å². The van der Waals surface area contributed by atoms with Gasteiger partial charge >= 0.3 is 6.18 Å². The van der Waals surface area contributed by atoms with E-state index in [0.717, 1.165) is 17.0 Å². The number of aromatic nitrogens is 3. The number of nitrogens with one attached hydrogen (secondary N) is 2. The van der Waals surface area contributed by atoms with Crippen LogP contribution in [0.25, 0.3) is 21.9 Å². The Morgan fingerprint density at radius 3 is 2.65 bits per heavy atom. The minimum absolute atomic E-state index is 0.199. The molecule has 134 valence electrons. The van der Waals surface area contributed by atoms with E-state index in [0.29, 0.717) is 22.2 Å². The Bertz CT molecular complexity index is 1140. The molecule has 0 unspecified atom stereocenters. The zero-order chi connectivity index (χ0) is 18.6. The van der Waals surface area contributed by atoms with E-state index in [1.165, 1.54) is 6.07 Å². The molecule has 0 bridgehead atoms. The molecule has 2 aromatic carbocycles. The van der Waals surface area contributed by atoms with Crippen molar-refractivity contribution in [1.29, 1.82) is 0 Å². The Balaban J connectivity index is 1.81. The van der Waals surface area contributed by atoms with E-state index < -0.39 is 11.7 Å². The van der Waals surface area contributed by atoms with Gasteiger partial charge in [-0.3, -0.25) is 0 Å². The lowest BCUT2D eigenvalue weighted by Gasteiger charge is -2.08. The number of aromatic amines is 1. The van der Waals surface area contributed by atoms with Gasteiger partial charge in [-0.15, -0.1) is 0 Å². The summed E-state index contributed by atoms with van der Waals surface area (Å²) in [6.45, 7) is 0. The van der Waals surface area contributed by atoms with E-state index in [1.54, 1.807) is 29.9 Å². The molecular formula is C17H11Cl2F3N4. The largest absolute Gasteiger partial charge is 0.417 e. The maximum Gasteiger partial charge on any atom is 0.417 e. The molecule has 0 aliphatic rings. The van der Waals surface area contributed by atoms with E-state index in [9.17, 15) is 13.2 Å². The third kappa shape index (κ3) is 2.77. The first-order chi connectivity index (χ1) is 12.2. The Labute approximate surface area is 155 Å². The molecule has 4 rings (SSSR count). The SMILES string of the molecule is Cn1c(Nc2c[nH]c3ccc(Cl)cc23)nc2cc(C(F)(F)F)c(Cl)cc21. The van der Waals surface area contributed by atoms with Crippen LogP contribution in [0.5, 0.6) is 0 Å². The number of alkyl halides is 3. The first-order valence-electron chi connectivity index (χ1n) is 7.51. The van der Waals surface area contributed by atoms with Gasteiger partial charge in [0.05, 0.1) is 27.3 Å². The topological polar surface area (TPSA) is 45.6 Å². The van der Waals surface area contributed by atoms with Gasteiger partial charge in [0.25, 0.3) is 0 Å². The van der Waals surface area contributed by atoms with Crippen LogP contribution in [0.4, 0.5) is 24.8 Å². The molecule has 2 aromatic heterocycles. The van der Waals surface area contributed by atoms with Crippen LogP contribution in [-0.2, 0) is 13.2 Å². The molecule has 2 heterocycles. The number of H-pyrrole nitrogens is 1. The minimum atomic E-state index is -4.54. The predicted molar refractivity (Wildman–Crippen MR) is 97.3 cm³/mol. The van der Waals surface area contributed by atoms with Crippen molar-refractivity contribution in [3.63, 3.8) is 0 Å². The van der Waals surface area contributed by atoms with Crippen molar-refractivity contribution in [1.82, 2.24) is 14.5 Å². The number of hydrogen-bond donors (Lipinski definition) is 2. The second kappa shape index (κ2) is 5.82. The molecule has 4 aromatic rings. The number of fused-ring (bicyclic) bond motifs is 2. The van der Waals surface area contributed by atoms with Crippen LogP contribution < -0.4 is 5.32 Å². The van der Waals surface area contributed by atoms with Crippen LogP contribution >= 0.6 is 23.2 Å². The van der Waals surface area contributed by atoms with E-state index in [2.05, 4.69) is 15.3 Å². The highest BCUT2D eigenvalue weighted by atomic mass is 35.5. The zero-order valence-corrected chi connectivity index (χ0v) is 14.8. The fourth-order valence-electron chi connectivity index (χ4n) is 2.86. The minimum Gasteiger partial charge on any atom is -0.359 e. The van der Waals surface area contributed by atoms with Crippen molar-refractivity contribution >= 4 is 56.8 Å². The quantitative estimate of drug-likeness (QED) is 0.426. The average molecular weight is 399 g/mol. The first-order valence-corrected chi connectivity index (χ1v) is 8.26. The number of anilines is 2. The lowest BCUT2D eigenvalue weighted by atomic mass is 10.2. The first kappa shape index (κ1) is 17.1. The molecule has 0 saturated heterocycles. The predicted octanol–water partition coefficient (Wildman–Crippen LogP) is 6.12. The second-order valence-corrected chi connectivity index (χ2v) is 6.67. The summed E-state index contributed by atoms with van der Waals surface area (Å²) in [4.78, 5) is 7.38. The van der Waals surface area contributed by atoms with Crippen LogP contribution in [-0.4, -0.2) is 14.5 Å². The molecule has 0 aliphatic carbocycles. The van der Waals surface area contributed by atoms with Gasteiger partial charge in [-0.2, -0.15) is 13.2 Å². The number of benzene rings is 2. The van der Waals surface area contributed by atoms with Crippen LogP contribution in [0.15, 0.2) is 36.5 Å². The Morgan fingerprint density at radius 2 is 1.92 bits per heavy atom. The van der Waals surface area contributed by atoms with Crippen molar-refractivity contribution in [2.45, 2.75) is 6.18 Å². The third-order valence-electron chi connectivity index (χ3n) is 4.17. The maximum atomic E-state index is 13.1. The number of halogens is 5. The number of nitrogens with zero attached hydrogens (tertiary/aromatic N) is 2. The summed E-state index contributed by atoms with van der Waals surface area (Å²) < 4.78 is 40.8. The molecule has 26 heavy (non-hydrogen) atoms. The monoisotopic (exact) mass is 398 g/mol. The number of rotatable bonds is 2. The molecule has 2 N–H and O–H groups in total. The highest BCUT2D eigenvalue weighted by Crippen LogP contribution is 2.38. The zero-order valence-electron chi connectivity index (χ0n) is 13.2. The molecular weight excluding hydrogens is 388 g/mol. The van der Waals surface area contributed by atoms with Gasteiger partial charge in [0.15, 0.2) is 0 Å². The Morgan fingerprint density at radius 1 is 1.15 bits per heavy atom. The van der Waals surface area contributed by atoms with E-state index >= 15 is 0 Å². The number of aryl methyl sites for hydroxylation is 1. The van der Waals surface area contributed by atoms with Gasteiger partial charge in [-0.1, -0.05) is 23.2 Å². The lowest BCUT2D eigenvalue weighted by molar-refractivity contribution is -0.137. The molecule has 0 spiro atoms. The molecule has 4 nitrogen and oxygen atoms in total. The molecule has 0 atom stereocenters. The smallest absolute Gasteiger partial charge is 0.359 e. The molecule has 0 saturated carbocycles. The molecule has 0 aliphatic heterocycles. The van der Waals surface area contributed by atoms with E-state index in [1.807, 2.05) is 6.07 Å². The highest BCUT2D eigenvalue weighted by Gasteiger charge is 2.34. The fourth-order valence-corrected chi connectivity index (χ4v) is 3.30. The normalized spacial score (nSPS) is 12.2. The van der Waals surface area contributed by atoms with E-state index in [-0.39, 0.29) is 10.5 Å². The van der Waals surface area contributed by atoms with Crippen molar-refractivity contribution in [2.24, 2.45) is 7.05 Å². The van der Waals surface area contributed by atoms with Gasteiger partial charge in [0.1, 0.15) is 0 Å². The van der Waals surface area contributed by atoms with Gasteiger partial charge in [0, 0.05) is 29.2 Å². The van der Waals surface area contributed by atoms with Crippen molar-refractivity contribution in [3.8, 4) is 0 Å². The fraction of sp³-hybridized carbons (Fsp3) is 0.118. The molecule has 0 radical (unpaired) electrons. The van der Waals surface area contributed by atoms with Crippen molar-refractivity contribution < 1.29 is 13.2 Å². The van der Waals surface area contributed by atoms with Gasteiger partial charge in [-0.25, -0.2) is 4.98 Å². The summed E-state index contributed by atoms with van der Waals surface area (Å²) in [6.07, 6.45) is -2.79. The summed E-state index contributed by atoms with van der Waals surface area (Å²) in [7, 11) is 1.70. The molecule has 0 fully saturated rings. The standard InChI is InChI=1S/C17H11Cl2F3N4/c1-26-15-6-11(19)10(17(20,21)22)5-13(15)24-16(26)25-14-7-23-12-3-2-8(18)4-9(12)14/h2-7,23H,1H3,(H,24,25). The maximum absolute atomic E-state index is 13.1. The summed E-state index contributed by atoms with van der Waals surface area (Å²) >= 11 is 11.8. The second-order valence-electron chi connectivity index (χ2n) is 5.83.